The van der Waals surface area contributed by atoms with Gasteiger partial charge < -0.3 is 15.2 Å². The standard InChI is InChI=1S/C29H27F3N2O4/c1-19-25(8-5-13-33-19)34-26(37)21-9-10-24(22(14-21)17-35)27(15-20-6-3-2-4-7-20)11-12-28(38,29(30,31)32)16-23(27)18-36/h2-10,13-14,17-18,23,38H,11-12,15-16H2,1H3,(H,34,37)/t23-,27-,28+/m0/s1. The Morgan fingerprint density at radius 1 is 1.11 bits per heavy atom. The number of hydrogen-bond donors (Lipinski definition) is 2. The van der Waals surface area contributed by atoms with Crippen LogP contribution < -0.4 is 5.32 Å². The maximum absolute atomic E-state index is 13.7. The third-order valence-electron chi connectivity index (χ3n) is 7.54. The van der Waals surface area contributed by atoms with Gasteiger partial charge >= 0.3 is 6.18 Å². The van der Waals surface area contributed by atoms with E-state index in [1.54, 1.807) is 55.6 Å². The smallest absolute Gasteiger partial charge is 0.380 e. The number of aliphatic hydroxyl groups is 1. The Labute approximate surface area is 217 Å². The zero-order valence-electron chi connectivity index (χ0n) is 20.7. The van der Waals surface area contributed by atoms with Crippen LogP contribution in [0.15, 0.2) is 66.9 Å². The van der Waals surface area contributed by atoms with Crippen molar-refractivity contribution in [2.75, 3.05) is 5.32 Å². The summed E-state index contributed by atoms with van der Waals surface area (Å²) in [6.45, 7) is 1.73. The number of amides is 1. The van der Waals surface area contributed by atoms with Gasteiger partial charge in [0.25, 0.3) is 5.91 Å². The van der Waals surface area contributed by atoms with Crippen LogP contribution in [0.3, 0.4) is 0 Å². The SMILES string of the molecule is Cc1ncccc1NC(=O)c1ccc([C@]2(Cc3ccccc3)CC[C@](O)(C(F)(F)F)C[C@H]2C=O)c(C=O)c1. The summed E-state index contributed by atoms with van der Waals surface area (Å²) in [5.41, 5.74) is -1.72. The minimum atomic E-state index is -4.91. The average Bonchev–Trinajstić information content (AvgIpc) is 2.90. The van der Waals surface area contributed by atoms with Gasteiger partial charge in [0.2, 0.25) is 0 Å². The number of anilines is 1. The minimum absolute atomic E-state index is 0.0980. The Bertz CT molecular complexity index is 1350. The Morgan fingerprint density at radius 2 is 1.84 bits per heavy atom. The van der Waals surface area contributed by atoms with Gasteiger partial charge in [0, 0.05) is 28.7 Å². The average molecular weight is 525 g/mol. The van der Waals surface area contributed by atoms with Crippen molar-refractivity contribution in [2.45, 2.75) is 49.8 Å². The van der Waals surface area contributed by atoms with E-state index in [9.17, 15) is 32.7 Å². The van der Waals surface area contributed by atoms with Crippen molar-refractivity contribution < 1.29 is 32.7 Å². The van der Waals surface area contributed by atoms with Crippen LogP contribution in [0.4, 0.5) is 18.9 Å². The van der Waals surface area contributed by atoms with E-state index >= 15 is 0 Å². The first kappa shape index (κ1) is 27.2. The second-order valence-corrected chi connectivity index (χ2v) is 9.80. The van der Waals surface area contributed by atoms with E-state index in [4.69, 9.17) is 0 Å². The Balaban J connectivity index is 1.78. The first-order chi connectivity index (χ1) is 18.0. The van der Waals surface area contributed by atoms with Crippen molar-refractivity contribution in [1.82, 2.24) is 4.98 Å². The number of nitrogens with zero attached hydrogens (tertiary/aromatic N) is 1. The number of benzene rings is 2. The highest BCUT2D eigenvalue weighted by Crippen LogP contribution is 2.53. The third-order valence-corrected chi connectivity index (χ3v) is 7.54. The molecule has 0 saturated heterocycles. The highest BCUT2D eigenvalue weighted by Gasteiger charge is 2.61. The molecular weight excluding hydrogens is 497 g/mol. The molecule has 3 atom stereocenters. The maximum Gasteiger partial charge on any atom is 0.417 e. The maximum atomic E-state index is 13.7. The molecule has 1 saturated carbocycles. The van der Waals surface area contributed by atoms with Crippen LogP contribution in [0.25, 0.3) is 0 Å². The summed E-state index contributed by atoms with van der Waals surface area (Å²) in [6.07, 6.45) is -3.81. The van der Waals surface area contributed by atoms with Gasteiger partial charge in [-0.3, -0.25) is 14.6 Å². The van der Waals surface area contributed by atoms with E-state index in [-0.39, 0.29) is 24.0 Å². The summed E-state index contributed by atoms with van der Waals surface area (Å²) in [5.74, 6) is -1.73. The van der Waals surface area contributed by atoms with Crippen molar-refractivity contribution >= 4 is 24.2 Å². The number of alkyl halides is 3. The van der Waals surface area contributed by atoms with Gasteiger partial charge in [-0.1, -0.05) is 36.4 Å². The van der Waals surface area contributed by atoms with Crippen molar-refractivity contribution in [3.63, 3.8) is 0 Å². The van der Waals surface area contributed by atoms with Crippen molar-refractivity contribution in [3.05, 3.63) is 94.8 Å². The molecule has 1 fully saturated rings. The fourth-order valence-electron chi connectivity index (χ4n) is 5.39. The van der Waals surface area contributed by atoms with Gasteiger partial charge in [0.1, 0.15) is 12.6 Å². The number of carbonyl (C=O) groups excluding carboxylic acids is 3. The molecule has 1 aliphatic rings. The van der Waals surface area contributed by atoms with Crippen molar-refractivity contribution in [1.29, 1.82) is 0 Å². The lowest BCUT2D eigenvalue weighted by Gasteiger charge is -2.49. The number of hydrogen-bond acceptors (Lipinski definition) is 5. The molecule has 38 heavy (non-hydrogen) atoms. The quantitative estimate of drug-likeness (QED) is 0.413. The molecular formula is C29H27F3N2O4. The van der Waals surface area contributed by atoms with Crippen molar-refractivity contribution in [2.24, 2.45) is 5.92 Å². The first-order valence-electron chi connectivity index (χ1n) is 12.1. The highest BCUT2D eigenvalue weighted by atomic mass is 19.4. The lowest BCUT2D eigenvalue weighted by Crippen LogP contribution is -2.56. The lowest BCUT2D eigenvalue weighted by molar-refractivity contribution is -0.277. The molecule has 0 radical (unpaired) electrons. The largest absolute Gasteiger partial charge is 0.417 e. The number of aromatic nitrogens is 1. The second kappa shape index (κ2) is 10.5. The summed E-state index contributed by atoms with van der Waals surface area (Å²) in [7, 11) is 0. The van der Waals surface area contributed by atoms with E-state index in [2.05, 4.69) is 10.3 Å². The number of nitrogens with one attached hydrogen (secondary N) is 1. The molecule has 9 heteroatoms. The molecule has 6 nitrogen and oxygen atoms in total. The summed E-state index contributed by atoms with van der Waals surface area (Å²) in [5, 5.41) is 13.2. The van der Waals surface area contributed by atoms with Gasteiger partial charge in [-0.2, -0.15) is 13.2 Å². The van der Waals surface area contributed by atoms with E-state index in [0.717, 1.165) is 5.56 Å². The van der Waals surface area contributed by atoms with E-state index in [1.807, 2.05) is 0 Å². The normalized spacial score (nSPS) is 23.4. The fourth-order valence-corrected chi connectivity index (χ4v) is 5.39. The van der Waals surface area contributed by atoms with Gasteiger partial charge in [-0.25, -0.2) is 0 Å². The number of halogens is 3. The third kappa shape index (κ3) is 5.11. The molecule has 1 aliphatic carbocycles. The van der Waals surface area contributed by atoms with Crippen molar-refractivity contribution in [3.8, 4) is 0 Å². The molecule has 0 spiro atoms. The molecule has 0 aliphatic heterocycles. The number of rotatable bonds is 7. The summed E-state index contributed by atoms with van der Waals surface area (Å²) >= 11 is 0. The molecule has 2 aromatic carbocycles. The minimum Gasteiger partial charge on any atom is -0.380 e. The second-order valence-electron chi connectivity index (χ2n) is 9.80. The highest BCUT2D eigenvalue weighted by molar-refractivity contribution is 6.05. The van der Waals surface area contributed by atoms with Crippen LogP contribution in [-0.2, 0) is 16.6 Å². The van der Waals surface area contributed by atoms with Crippen LogP contribution >= 0.6 is 0 Å². The zero-order valence-corrected chi connectivity index (χ0v) is 20.7. The van der Waals surface area contributed by atoms with Crippen LogP contribution in [0.2, 0.25) is 0 Å². The number of carbonyl (C=O) groups is 3. The van der Waals surface area contributed by atoms with E-state index in [0.29, 0.717) is 29.5 Å². The molecule has 1 amide bonds. The summed E-state index contributed by atoms with van der Waals surface area (Å²) in [6, 6.07) is 16.7. The summed E-state index contributed by atoms with van der Waals surface area (Å²) in [4.78, 5) is 41.7. The van der Waals surface area contributed by atoms with Crippen LogP contribution in [0.5, 0.6) is 0 Å². The summed E-state index contributed by atoms with van der Waals surface area (Å²) < 4.78 is 41.2. The number of aldehydes is 2. The predicted octanol–water partition coefficient (Wildman–Crippen LogP) is 5.23. The zero-order chi connectivity index (χ0) is 27.6. The topological polar surface area (TPSA) is 96.4 Å². The lowest BCUT2D eigenvalue weighted by atomic mass is 9.56. The first-order valence-corrected chi connectivity index (χ1v) is 12.1. The van der Waals surface area contributed by atoms with Gasteiger partial charge in [0.15, 0.2) is 5.60 Å². The molecule has 4 rings (SSSR count). The molecule has 0 bridgehead atoms. The van der Waals surface area contributed by atoms with Gasteiger partial charge in [-0.05, 0) is 68.0 Å². The molecule has 1 aromatic heterocycles. The molecule has 2 N–H and O–H groups in total. The molecule has 1 heterocycles. The monoisotopic (exact) mass is 524 g/mol. The van der Waals surface area contributed by atoms with E-state index in [1.165, 1.54) is 18.2 Å². The number of pyridine rings is 1. The van der Waals surface area contributed by atoms with Crippen LogP contribution in [0.1, 0.15) is 56.8 Å². The van der Waals surface area contributed by atoms with Crippen LogP contribution in [-0.4, -0.2) is 40.3 Å². The Kier molecular flexibility index (Phi) is 7.51. The van der Waals surface area contributed by atoms with Crippen LogP contribution in [0, 0.1) is 12.8 Å². The van der Waals surface area contributed by atoms with Gasteiger partial charge in [0.05, 0.1) is 11.4 Å². The number of aryl methyl sites for hydroxylation is 1. The molecule has 0 unspecified atom stereocenters. The van der Waals surface area contributed by atoms with E-state index < -0.39 is 41.9 Å². The predicted molar refractivity (Wildman–Crippen MR) is 135 cm³/mol. The Morgan fingerprint density at radius 3 is 2.47 bits per heavy atom. The van der Waals surface area contributed by atoms with Gasteiger partial charge in [-0.15, -0.1) is 0 Å². The molecule has 198 valence electrons. The fraction of sp³-hybridized carbons (Fsp3) is 0.310. The Hall–Kier alpha value is -3.85. The molecule has 3 aromatic rings.